The first-order valence-electron chi connectivity index (χ1n) is 4.10. The van der Waals surface area contributed by atoms with Gasteiger partial charge in [0.1, 0.15) is 0 Å². The molecule has 2 fully saturated rings. The summed E-state index contributed by atoms with van der Waals surface area (Å²) in [5, 5.41) is 0. The summed E-state index contributed by atoms with van der Waals surface area (Å²) in [6, 6.07) is 0.986. The van der Waals surface area contributed by atoms with Gasteiger partial charge in [-0.2, -0.15) is 0 Å². The van der Waals surface area contributed by atoms with E-state index in [4.69, 9.17) is 0 Å². The van der Waals surface area contributed by atoms with E-state index in [-0.39, 0.29) is 0 Å². The van der Waals surface area contributed by atoms with Crippen molar-refractivity contribution in [3.8, 4) is 0 Å². The van der Waals surface area contributed by atoms with E-state index >= 15 is 0 Å². The van der Waals surface area contributed by atoms with Crippen LogP contribution in [0.4, 0.5) is 0 Å². The molecule has 0 radical (unpaired) electrons. The van der Waals surface area contributed by atoms with Crippen LogP contribution in [0.15, 0.2) is 0 Å². The van der Waals surface area contributed by atoms with Crippen LogP contribution >= 0.6 is 0 Å². The van der Waals surface area contributed by atoms with Crippen LogP contribution in [0.1, 0.15) is 26.2 Å². The Morgan fingerprint density at radius 1 is 1.44 bits per heavy atom. The fourth-order valence-corrected chi connectivity index (χ4v) is 2.34. The third kappa shape index (κ3) is 0.877. The van der Waals surface area contributed by atoms with Crippen molar-refractivity contribution in [1.82, 2.24) is 4.90 Å². The average Bonchev–Trinajstić information content (AvgIpc) is 2.22. The highest BCUT2D eigenvalue weighted by Gasteiger charge is 2.32. The van der Waals surface area contributed by atoms with Crippen LogP contribution in [-0.4, -0.2) is 24.0 Å². The van der Waals surface area contributed by atoms with Crippen molar-refractivity contribution >= 4 is 0 Å². The highest BCUT2D eigenvalue weighted by atomic mass is 15.2. The van der Waals surface area contributed by atoms with Gasteiger partial charge in [-0.15, -0.1) is 0 Å². The molecule has 0 N–H and O–H groups in total. The van der Waals surface area contributed by atoms with Gasteiger partial charge in [0.05, 0.1) is 0 Å². The van der Waals surface area contributed by atoms with Gasteiger partial charge in [0.25, 0.3) is 0 Å². The van der Waals surface area contributed by atoms with E-state index in [1.54, 1.807) is 0 Å². The molecule has 0 aromatic heterocycles. The molecule has 9 heavy (non-hydrogen) atoms. The number of fused-ring (bicyclic) bond motifs is 1. The van der Waals surface area contributed by atoms with E-state index < -0.39 is 0 Å². The lowest BCUT2D eigenvalue weighted by Crippen LogP contribution is -2.22. The molecule has 0 aliphatic carbocycles. The van der Waals surface area contributed by atoms with Crippen LogP contribution in [0.5, 0.6) is 0 Å². The maximum absolute atomic E-state index is 2.66. The molecule has 2 atom stereocenters. The Hall–Kier alpha value is -0.0400. The highest BCUT2D eigenvalue weighted by molar-refractivity contribution is 4.87. The lowest BCUT2D eigenvalue weighted by atomic mass is 10.1. The van der Waals surface area contributed by atoms with Crippen LogP contribution in [0.2, 0.25) is 0 Å². The molecule has 52 valence electrons. The number of nitrogens with zero attached hydrogens (tertiary/aromatic N) is 1. The Bertz CT molecular complexity index is 99.1. The molecule has 1 heteroatoms. The molecule has 2 saturated heterocycles. The minimum atomic E-state index is 0.982. The molecular formula is C8H15N. The summed E-state index contributed by atoms with van der Waals surface area (Å²) in [4.78, 5) is 2.66. The Labute approximate surface area is 57.0 Å². The van der Waals surface area contributed by atoms with E-state index in [0.717, 1.165) is 12.0 Å². The summed E-state index contributed by atoms with van der Waals surface area (Å²) in [6.45, 7) is 5.14. The Morgan fingerprint density at radius 3 is 3.11 bits per heavy atom. The van der Waals surface area contributed by atoms with Gasteiger partial charge >= 0.3 is 0 Å². The van der Waals surface area contributed by atoms with Gasteiger partial charge in [0, 0.05) is 12.6 Å². The Balaban J connectivity index is 2.02. The smallest absolute Gasteiger partial charge is 0.00988 e. The number of hydrogen-bond donors (Lipinski definition) is 0. The van der Waals surface area contributed by atoms with Crippen LogP contribution in [0.25, 0.3) is 0 Å². The van der Waals surface area contributed by atoms with Crippen LogP contribution in [0.3, 0.4) is 0 Å². The second-order valence-corrected chi connectivity index (χ2v) is 3.63. The first-order valence-corrected chi connectivity index (χ1v) is 4.10. The largest absolute Gasteiger partial charge is 0.300 e. The summed E-state index contributed by atoms with van der Waals surface area (Å²) < 4.78 is 0. The first kappa shape index (κ1) is 5.72. The van der Waals surface area contributed by atoms with Gasteiger partial charge in [-0.25, -0.2) is 0 Å². The zero-order valence-electron chi connectivity index (χ0n) is 6.14. The van der Waals surface area contributed by atoms with E-state index in [9.17, 15) is 0 Å². The molecule has 0 aromatic rings. The zero-order valence-corrected chi connectivity index (χ0v) is 6.14. The standard InChI is InChI=1S/C8H15N/c1-7-5-8-3-2-4-9(8)6-7/h7-8H,2-6H2,1H3/t7-,8?/m1/s1. The van der Waals surface area contributed by atoms with Crippen LogP contribution in [-0.2, 0) is 0 Å². The van der Waals surface area contributed by atoms with Crippen molar-refractivity contribution in [3.05, 3.63) is 0 Å². The quantitative estimate of drug-likeness (QED) is 0.474. The summed E-state index contributed by atoms with van der Waals surface area (Å²) in [5.74, 6) is 0.982. The normalized spacial score (nSPS) is 43.7. The van der Waals surface area contributed by atoms with Crippen molar-refractivity contribution < 1.29 is 0 Å². The van der Waals surface area contributed by atoms with E-state index in [1.165, 1.54) is 32.4 Å². The lowest BCUT2D eigenvalue weighted by Gasteiger charge is -2.12. The van der Waals surface area contributed by atoms with Crippen molar-refractivity contribution in [1.29, 1.82) is 0 Å². The third-order valence-electron chi connectivity index (χ3n) is 2.72. The third-order valence-corrected chi connectivity index (χ3v) is 2.72. The minimum absolute atomic E-state index is 0.982. The molecule has 0 aromatic carbocycles. The van der Waals surface area contributed by atoms with Gasteiger partial charge in [0.2, 0.25) is 0 Å². The highest BCUT2D eigenvalue weighted by Crippen LogP contribution is 2.30. The minimum Gasteiger partial charge on any atom is -0.300 e. The van der Waals surface area contributed by atoms with E-state index in [2.05, 4.69) is 11.8 Å². The molecule has 2 heterocycles. The second-order valence-electron chi connectivity index (χ2n) is 3.63. The molecule has 0 amide bonds. The SMILES string of the molecule is C[C@@H]1CC2CCCN2C1. The summed E-state index contributed by atoms with van der Waals surface area (Å²) >= 11 is 0. The van der Waals surface area contributed by atoms with Crippen molar-refractivity contribution in [2.75, 3.05) is 13.1 Å². The van der Waals surface area contributed by atoms with E-state index in [1.807, 2.05) is 0 Å². The fraction of sp³-hybridized carbons (Fsp3) is 1.00. The van der Waals surface area contributed by atoms with Gasteiger partial charge in [-0.1, -0.05) is 6.92 Å². The maximum atomic E-state index is 2.66. The van der Waals surface area contributed by atoms with Gasteiger partial charge in [0.15, 0.2) is 0 Å². The molecule has 2 rings (SSSR count). The predicted molar refractivity (Wildman–Crippen MR) is 38.4 cm³/mol. The lowest BCUT2D eigenvalue weighted by molar-refractivity contribution is 0.319. The summed E-state index contributed by atoms with van der Waals surface area (Å²) in [5.41, 5.74) is 0. The van der Waals surface area contributed by atoms with Crippen molar-refractivity contribution in [2.45, 2.75) is 32.2 Å². The maximum Gasteiger partial charge on any atom is 0.00988 e. The molecule has 0 spiro atoms. The monoisotopic (exact) mass is 125 g/mol. The first-order chi connectivity index (χ1) is 4.36. The van der Waals surface area contributed by atoms with Gasteiger partial charge in [-0.05, 0) is 31.7 Å². The molecule has 0 saturated carbocycles. The fourth-order valence-electron chi connectivity index (χ4n) is 2.34. The van der Waals surface area contributed by atoms with Gasteiger partial charge < -0.3 is 4.90 Å². The number of hydrogen-bond acceptors (Lipinski definition) is 1. The molecule has 0 bridgehead atoms. The zero-order chi connectivity index (χ0) is 6.27. The van der Waals surface area contributed by atoms with Crippen molar-refractivity contribution in [3.63, 3.8) is 0 Å². The second kappa shape index (κ2) is 1.98. The molecule has 1 unspecified atom stereocenters. The van der Waals surface area contributed by atoms with Crippen molar-refractivity contribution in [2.24, 2.45) is 5.92 Å². The van der Waals surface area contributed by atoms with Crippen LogP contribution in [0, 0.1) is 5.92 Å². The Morgan fingerprint density at radius 2 is 2.33 bits per heavy atom. The summed E-state index contributed by atoms with van der Waals surface area (Å²) in [7, 11) is 0. The Kier molecular flexibility index (Phi) is 1.26. The van der Waals surface area contributed by atoms with Crippen LogP contribution < -0.4 is 0 Å². The van der Waals surface area contributed by atoms with Gasteiger partial charge in [-0.3, -0.25) is 0 Å². The number of rotatable bonds is 0. The molecule has 2 aliphatic heterocycles. The molecule has 1 nitrogen and oxygen atoms in total. The topological polar surface area (TPSA) is 3.24 Å². The summed E-state index contributed by atoms with van der Waals surface area (Å²) in [6.07, 6.45) is 4.40. The average molecular weight is 125 g/mol. The molecule has 2 aliphatic rings. The van der Waals surface area contributed by atoms with E-state index in [0.29, 0.717) is 0 Å². The predicted octanol–water partition coefficient (Wildman–Crippen LogP) is 1.49. The molecular weight excluding hydrogens is 110 g/mol.